The first-order valence-corrected chi connectivity index (χ1v) is 9.77. The summed E-state index contributed by atoms with van der Waals surface area (Å²) in [4.78, 5) is 23.4. The number of anilines is 1. The maximum Gasteiger partial charge on any atom is 0.387 e. The van der Waals surface area contributed by atoms with Gasteiger partial charge in [-0.2, -0.15) is 8.78 Å². The highest BCUT2D eigenvalue weighted by molar-refractivity contribution is 7.99. The summed E-state index contributed by atoms with van der Waals surface area (Å²) < 4.78 is 29.9. The third-order valence-corrected chi connectivity index (χ3v) is 5.29. The fourth-order valence-corrected chi connectivity index (χ4v) is 3.72. The molecule has 0 atom stereocenters. The van der Waals surface area contributed by atoms with Crippen molar-refractivity contribution in [3.63, 3.8) is 0 Å². The summed E-state index contributed by atoms with van der Waals surface area (Å²) in [6.45, 7) is -2.92. The lowest BCUT2D eigenvalue weighted by atomic mass is 10.2. The smallest absolute Gasteiger partial charge is 0.387 e. The van der Waals surface area contributed by atoms with E-state index in [0.717, 1.165) is 11.8 Å². The summed E-state index contributed by atoms with van der Waals surface area (Å²) >= 11 is 2.22. The number of nitrogens with two attached hydrogens (primary N) is 2. The van der Waals surface area contributed by atoms with Gasteiger partial charge in [0.25, 0.3) is 5.91 Å². The predicted octanol–water partition coefficient (Wildman–Crippen LogP) is 2.15. The number of nitrogens with zero attached hydrogens (tertiary/aromatic N) is 3. The van der Waals surface area contributed by atoms with E-state index in [-0.39, 0.29) is 34.0 Å². The maximum absolute atomic E-state index is 12.2. The molecule has 0 aliphatic carbocycles. The topological polar surface area (TPSA) is 138 Å². The van der Waals surface area contributed by atoms with Crippen LogP contribution in [0.5, 0.6) is 5.75 Å². The molecule has 29 heavy (non-hydrogen) atoms. The number of thioether (sulfide) groups is 1. The molecule has 0 aliphatic rings. The Morgan fingerprint density at radius 2 is 1.97 bits per heavy atom. The average molecular weight is 440 g/mol. The molecule has 0 spiro atoms. The molecule has 5 N–H and O–H groups in total. The normalized spacial score (nSPS) is 10.9. The number of alkyl halides is 2. The lowest BCUT2D eigenvalue weighted by Crippen LogP contribution is -2.18. The van der Waals surface area contributed by atoms with E-state index in [9.17, 15) is 18.4 Å². The Hall–Kier alpha value is -3.19. The lowest BCUT2D eigenvalue weighted by molar-refractivity contribution is -0.113. The van der Waals surface area contributed by atoms with Crippen LogP contribution < -0.4 is 21.6 Å². The van der Waals surface area contributed by atoms with Crippen molar-refractivity contribution < 1.29 is 23.1 Å². The van der Waals surface area contributed by atoms with E-state index >= 15 is 0 Å². The largest absolute Gasteiger partial charge is 0.435 e. The number of thiophene rings is 1. The number of primary amides is 1. The number of hydrogen-bond donors (Lipinski definition) is 3. The van der Waals surface area contributed by atoms with Gasteiger partial charge in [-0.1, -0.05) is 11.8 Å². The molecule has 152 valence electrons. The van der Waals surface area contributed by atoms with Crippen LogP contribution >= 0.6 is 23.1 Å². The number of carbonyl (C=O) groups is 2. The summed E-state index contributed by atoms with van der Waals surface area (Å²) in [5.41, 5.74) is 6.00. The van der Waals surface area contributed by atoms with E-state index in [1.54, 1.807) is 5.38 Å². The number of aromatic nitrogens is 3. The van der Waals surface area contributed by atoms with E-state index in [0.29, 0.717) is 10.6 Å². The monoisotopic (exact) mass is 440 g/mol. The molecule has 3 rings (SSSR count). The number of nitrogens with one attached hydrogen (secondary N) is 1. The quantitative estimate of drug-likeness (QED) is 0.360. The highest BCUT2D eigenvalue weighted by Crippen LogP contribution is 2.26. The molecule has 1 aromatic carbocycles. The van der Waals surface area contributed by atoms with Gasteiger partial charge >= 0.3 is 6.61 Å². The van der Waals surface area contributed by atoms with Gasteiger partial charge in [-0.05, 0) is 35.7 Å². The second-order valence-corrected chi connectivity index (χ2v) is 7.30. The van der Waals surface area contributed by atoms with Crippen molar-refractivity contribution in [1.29, 1.82) is 0 Å². The molecule has 0 saturated carbocycles. The Morgan fingerprint density at radius 1 is 1.24 bits per heavy atom. The molecule has 0 radical (unpaired) electrons. The summed E-state index contributed by atoms with van der Waals surface area (Å²) in [6, 6.07) is 7.25. The Morgan fingerprint density at radius 3 is 2.62 bits per heavy atom. The number of halogens is 2. The van der Waals surface area contributed by atoms with E-state index in [1.165, 1.54) is 46.3 Å². The first-order chi connectivity index (χ1) is 13.8. The lowest BCUT2D eigenvalue weighted by Gasteiger charge is -2.06. The van der Waals surface area contributed by atoms with E-state index in [1.807, 2.05) is 0 Å². The molecule has 2 aromatic heterocycles. The van der Waals surface area contributed by atoms with Crippen molar-refractivity contribution in [2.45, 2.75) is 11.8 Å². The van der Waals surface area contributed by atoms with Crippen LogP contribution in [0.25, 0.3) is 11.4 Å². The van der Waals surface area contributed by atoms with Crippen molar-refractivity contribution in [2.75, 3.05) is 16.9 Å². The van der Waals surface area contributed by atoms with E-state index < -0.39 is 12.5 Å². The average Bonchev–Trinajstić information content (AvgIpc) is 3.27. The molecule has 0 aliphatic heterocycles. The fraction of sp³-hybridized carbons (Fsp3) is 0.125. The van der Waals surface area contributed by atoms with Crippen LogP contribution in [-0.4, -0.2) is 39.1 Å². The number of carbonyl (C=O) groups excluding carboxylic acids is 2. The number of amides is 2. The van der Waals surface area contributed by atoms with Gasteiger partial charge in [-0.25, -0.2) is 4.68 Å². The summed E-state index contributed by atoms with van der Waals surface area (Å²) in [7, 11) is 0. The van der Waals surface area contributed by atoms with Crippen LogP contribution in [0.4, 0.5) is 13.8 Å². The zero-order chi connectivity index (χ0) is 21.0. The van der Waals surface area contributed by atoms with Gasteiger partial charge in [0, 0.05) is 5.56 Å². The summed E-state index contributed by atoms with van der Waals surface area (Å²) in [5.74, 6) is 5.21. The number of rotatable bonds is 8. The number of nitrogen functional groups attached to an aromatic ring is 1. The standard InChI is InChI=1S/C16H14F2N6O3S2/c17-15(18)27-9-3-1-8(2-4-9)13-22-23-16(24(13)20)29-7-11(25)21-14-10(12(19)26)5-6-28-14/h1-6,15H,7,20H2,(H2,19,26)(H,21,25). The minimum atomic E-state index is -2.92. The van der Waals surface area contributed by atoms with Crippen molar-refractivity contribution in [1.82, 2.24) is 14.9 Å². The van der Waals surface area contributed by atoms with Crippen molar-refractivity contribution in [3.05, 3.63) is 41.3 Å². The number of benzene rings is 1. The van der Waals surface area contributed by atoms with E-state index in [2.05, 4.69) is 20.3 Å². The van der Waals surface area contributed by atoms with Gasteiger partial charge in [0.05, 0.1) is 11.3 Å². The van der Waals surface area contributed by atoms with Crippen molar-refractivity contribution in [2.24, 2.45) is 5.73 Å². The van der Waals surface area contributed by atoms with Crippen LogP contribution in [0.3, 0.4) is 0 Å². The molecule has 0 unspecified atom stereocenters. The minimum absolute atomic E-state index is 0.00186. The van der Waals surface area contributed by atoms with Gasteiger partial charge in [0.2, 0.25) is 11.1 Å². The van der Waals surface area contributed by atoms with Crippen molar-refractivity contribution in [3.8, 4) is 17.1 Å². The van der Waals surface area contributed by atoms with Crippen LogP contribution in [0.1, 0.15) is 10.4 Å². The Labute approximate surface area is 171 Å². The molecule has 3 aromatic rings. The molecule has 0 saturated heterocycles. The summed E-state index contributed by atoms with van der Waals surface area (Å²) in [5, 5.41) is 12.8. The molecule has 2 heterocycles. The van der Waals surface area contributed by atoms with Crippen LogP contribution in [0.15, 0.2) is 40.9 Å². The third-order valence-electron chi connectivity index (χ3n) is 3.52. The Kier molecular flexibility index (Phi) is 6.29. The minimum Gasteiger partial charge on any atom is -0.435 e. The zero-order valence-corrected chi connectivity index (χ0v) is 16.2. The second kappa shape index (κ2) is 8.87. The van der Waals surface area contributed by atoms with Crippen LogP contribution in [0.2, 0.25) is 0 Å². The number of ether oxygens (including phenoxy) is 1. The van der Waals surface area contributed by atoms with Gasteiger partial charge in [0.1, 0.15) is 10.8 Å². The second-order valence-electron chi connectivity index (χ2n) is 5.44. The van der Waals surface area contributed by atoms with Gasteiger partial charge in [-0.15, -0.1) is 21.5 Å². The van der Waals surface area contributed by atoms with Crippen molar-refractivity contribution >= 4 is 39.9 Å². The zero-order valence-electron chi connectivity index (χ0n) is 14.5. The highest BCUT2D eigenvalue weighted by atomic mass is 32.2. The van der Waals surface area contributed by atoms with E-state index in [4.69, 9.17) is 11.6 Å². The summed E-state index contributed by atoms with van der Waals surface area (Å²) in [6.07, 6.45) is 0. The molecule has 0 fully saturated rings. The fourth-order valence-electron chi connectivity index (χ4n) is 2.25. The SMILES string of the molecule is NC(=O)c1ccsc1NC(=O)CSc1nnc(-c2ccc(OC(F)F)cc2)n1N. The van der Waals surface area contributed by atoms with Gasteiger partial charge < -0.3 is 21.6 Å². The first kappa shape index (κ1) is 20.5. The van der Waals surface area contributed by atoms with Gasteiger partial charge in [-0.3, -0.25) is 9.59 Å². The molecule has 13 heteroatoms. The van der Waals surface area contributed by atoms with Crippen LogP contribution in [-0.2, 0) is 4.79 Å². The Balaban J connectivity index is 1.63. The molecular weight excluding hydrogens is 426 g/mol. The molecule has 2 amide bonds. The molecule has 9 nitrogen and oxygen atoms in total. The maximum atomic E-state index is 12.2. The van der Waals surface area contributed by atoms with Crippen LogP contribution in [0, 0.1) is 0 Å². The first-order valence-electron chi connectivity index (χ1n) is 7.91. The molecular formula is C16H14F2N6O3S2. The highest BCUT2D eigenvalue weighted by Gasteiger charge is 2.16. The Bertz CT molecular complexity index is 1020. The molecule has 0 bridgehead atoms. The predicted molar refractivity (Wildman–Crippen MR) is 104 cm³/mol. The van der Waals surface area contributed by atoms with Gasteiger partial charge in [0.15, 0.2) is 5.82 Å². The number of hydrogen-bond acceptors (Lipinski definition) is 8. The third kappa shape index (κ3) is 5.00.